The number of likely N-dealkylation sites (N-methyl/N-ethyl adjacent to an activating group) is 1. The predicted octanol–water partition coefficient (Wildman–Crippen LogP) is 3.64. The van der Waals surface area contributed by atoms with E-state index in [1.54, 1.807) is 13.3 Å². The molecule has 1 unspecified atom stereocenters. The Balaban J connectivity index is 2.18. The monoisotopic (exact) mass is 290 g/mol. The van der Waals surface area contributed by atoms with Crippen molar-refractivity contribution in [3.05, 3.63) is 58.9 Å². The zero-order valence-electron chi connectivity index (χ0n) is 11.8. The number of nitrogens with one attached hydrogen (secondary N) is 1. The zero-order chi connectivity index (χ0) is 14.4. The van der Waals surface area contributed by atoms with Crippen molar-refractivity contribution >= 4 is 11.6 Å². The highest BCUT2D eigenvalue weighted by atomic mass is 35.5. The average Bonchev–Trinajstić information content (AvgIpc) is 2.48. The molecule has 0 saturated carbocycles. The lowest BCUT2D eigenvalue weighted by Crippen LogP contribution is -2.23. The van der Waals surface area contributed by atoms with Gasteiger partial charge in [0.15, 0.2) is 0 Å². The maximum atomic E-state index is 5.89. The first-order chi connectivity index (χ1) is 9.72. The molecule has 1 atom stereocenters. The number of pyridine rings is 1. The van der Waals surface area contributed by atoms with Crippen LogP contribution in [0.2, 0.25) is 5.02 Å². The number of hydrogen-bond donors (Lipinski definition) is 1. The molecule has 0 bridgehead atoms. The van der Waals surface area contributed by atoms with Crippen molar-refractivity contribution in [2.24, 2.45) is 0 Å². The van der Waals surface area contributed by atoms with Gasteiger partial charge in [-0.05, 0) is 42.8 Å². The summed E-state index contributed by atoms with van der Waals surface area (Å²) in [4.78, 5) is 4.41. The van der Waals surface area contributed by atoms with Gasteiger partial charge in [-0.3, -0.25) is 4.98 Å². The summed E-state index contributed by atoms with van der Waals surface area (Å²) in [7, 11) is 1.68. The number of rotatable bonds is 6. The predicted molar refractivity (Wildman–Crippen MR) is 82.4 cm³/mol. The fourth-order valence-electron chi connectivity index (χ4n) is 2.16. The molecule has 1 aromatic heterocycles. The Morgan fingerprint density at radius 1 is 1.30 bits per heavy atom. The topological polar surface area (TPSA) is 34.1 Å². The highest BCUT2D eigenvalue weighted by Crippen LogP contribution is 2.21. The van der Waals surface area contributed by atoms with Crippen molar-refractivity contribution in [2.75, 3.05) is 13.7 Å². The van der Waals surface area contributed by atoms with Crippen LogP contribution in [0.5, 0.6) is 5.75 Å². The number of nitrogens with zero attached hydrogens (tertiary/aromatic N) is 1. The first-order valence-corrected chi connectivity index (χ1v) is 7.08. The van der Waals surface area contributed by atoms with E-state index in [0.717, 1.165) is 24.4 Å². The van der Waals surface area contributed by atoms with Crippen LogP contribution in [0.3, 0.4) is 0 Å². The molecular formula is C16H19ClN2O. The lowest BCUT2D eigenvalue weighted by molar-refractivity contribution is 0.413. The third-order valence-corrected chi connectivity index (χ3v) is 3.36. The molecule has 20 heavy (non-hydrogen) atoms. The van der Waals surface area contributed by atoms with Gasteiger partial charge in [0.1, 0.15) is 5.75 Å². The minimum absolute atomic E-state index is 0.171. The van der Waals surface area contributed by atoms with E-state index in [1.807, 2.05) is 24.3 Å². The van der Waals surface area contributed by atoms with E-state index in [4.69, 9.17) is 16.3 Å². The summed E-state index contributed by atoms with van der Waals surface area (Å²) in [6.45, 7) is 2.98. The van der Waals surface area contributed by atoms with Gasteiger partial charge < -0.3 is 10.1 Å². The number of aromatic nitrogens is 1. The maximum absolute atomic E-state index is 5.89. The quantitative estimate of drug-likeness (QED) is 0.882. The largest absolute Gasteiger partial charge is 0.497 e. The summed E-state index contributed by atoms with van der Waals surface area (Å²) >= 11 is 5.89. The molecule has 3 nitrogen and oxygen atoms in total. The van der Waals surface area contributed by atoms with Gasteiger partial charge >= 0.3 is 0 Å². The summed E-state index contributed by atoms with van der Waals surface area (Å²) < 4.78 is 5.26. The summed E-state index contributed by atoms with van der Waals surface area (Å²) in [6, 6.07) is 12.1. The summed E-state index contributed by atoms with van der Waals surface area (Å²) in [6.07, 6.45) is 2.55. The fourth-order valence-corrected chi connectivity index (χ4v) is 2.27. The van der Waals surface area contributed by atoms with Crippen LogP contribution in [-0.4, -0.2) is 18.6 Å². The summed E-state index contributed by atoms with van der Waals surface area (Å²) in [5, 5.41) is 4.12. The Morgan fingerprint density at radius 3 is 2.80 bits per heavy atom. The third kappa shape index (κ3) is 3.95. The summed E-state index contributed by atoms with van der Waals surface area (Å²) in [5.74, 6) is 0.877. The molecule has 0 radical (unpaired) electrons. The molecule has 0 aliphatic carbocycles. The molecule has 1 aromatic carbocycles. The van der Waals surface area contributed by atoms with E-state index in [2.05, 4.69) is 29.4 Å². The van der Waals surface area contributed by atoms with Gasteiger partial charge in [-0.25, -0.2) is 0 Å². The second-order valence-electron chi connectivity index (χ2n) is 4.57. The molecule has 2 rings (SSSR count). The second-order valence-corrected chi connectivity index (χ2v) is 5.00. The van der Waals surface area contributed by atoms with Crippen LogP contribution < -0.4 is 10.1 Å². The van der Waals surface area contributed by atoms with Crippen LogP contribution >= 0.6 is 11.6 Å². The fraction of sp³-hybridized carbons (Fsp3) is 0.312. The third-order valence-electron chi connectivity index (χ3n) is 3.13. The van der Waals surface area contributed by atoms with Gasteiger partial charge in [0, 0.05) is 6.20 Å². The second kappa shape index (κ2) is 7.27. The van der Waals surface area contributed by atoms with Gasteiger partial charge in [-0.15, -0.1) is 0 Å². The van der Waals surface area contributed by atoms with Crippen molar-refractivity contribution < 1.29 is 4.74 Å². The maximum Gasteiger partial charge on any atom is 0.119 e. The van der Waals surface area contributed by atoms with Crippen molar-refractivity contribution in [1.29, 1.82) is 0 Å². The van der Waals surface area contributed by atoms with Crippen LogP contribution in [0.15, 0.2) is 42.6 Å². The van der Waals surface area contributed by atoms with Crippen LogP contribution in [0, 0.1) is 0 Å². The molecule has 0 aliphatic heterocycles. The van der Waals surface area contributed by atoms with E-state index in [0.29, 0.717) is 5.02 Å². The van der Waals surface area contributed by atoms with Crippen LogP contribution in [0.4, 0.5) is 0 Å². The lowest BCUT2D eigenvalue weighted by atomic mass is 10.0. The first kappa shape index (κ1) is 14.8. The average molecular weight is 291 g/mol. The van der Waals surface area contributed by atoms with Crippen molar-refractivity contribution in [3.8, 4) is 5.75 Å². The molecule has 0 amide bonds. The Kier molecular flexibility index (Phi) is 5.39. The highest BCUT2D eigenvalue weighted by molar-refractivity contribution is 6.30. The van der Waals surface area contributed by atoms with E-state index in [-0.39, 0.29) is 6.04 Å². The number of methoxy groups -OCH3 is 1. The van der Waals surface area contributed by atoms with Gasteiger partial charge in [0.25, 0.3) is 0 Å². The number of halogens is 1. The lowest BCUT2D eigenvalue weighted by Gasteiger charge is -2.18. The molecule has 2 aromatic rings. The van der Waals surface area contributed by atoms with Gasteiger partial charge in [-0.2, -0.15) is 0 Å². The molecule has 0 spiro atoms. The Bertz CT molecular complexity index is 542. The molecule has 106 valence electrons. The zero-order valence-corrected chi connectivity index (χ0v) is 12.5. The van der Waals surface area contributed by atoms with Crippen LogP contribution in [-0.2, 0) is 6.42 Å². The number of hydrogen-bond acceptors (Lipinski definition) is 3. The normalized spacial score (nSPS) is 12.2. The van der Waals surface area contributed by atoms with E-state index in [1.165, 1.54) is 5.56 Å². The molecule has 1 N–H and O–H groups in total. The number of ether oxygens (including phenoxy) is 1. The van der Waals surface area contributed by atoms with Gasteiger partial charge in [0.2, 0.25) is 0 Å². The van der Waals surface area contributed by atoms with Crippen molar-refractivity contribution in [2.45, 2.75) is 19.4 Å². The van der Waals surface area contributed by atoms with Crippen LogP contribution in [0.1, 0.15) is 24.2 Å². The standard InChI is InChI=1S/C16H19ClN2O/c1-3-18-16(15-8-7-13(17)11-19-15)10-12-5-4-6-14(9-12)20-2/h4-9,11,16,18H,3,10H2,1-2H3. The van der Waals surface area contributed by atoms with E-state index >= 15 is 0 Å². The van der Waals surface area contributed by atoms with E-state index < -0.39 is 0 Å². The van der Waals surface area contributed by atoms with E-state index in [9.17, 15) is 0 Å². The molecule has 4 heteroatoms. The Morgan fingerprint density at radius 2 is 2.15 bits per heavy atom. The van der Waals surface area contributed by atoms with Gasteiger partial charge in [-0.1, -0.05) is 30.7 Å². The molecule has 0 fully saturated rings. The molecule has 0 saturated heterocycles. The Hall–Kier alpha value is -1.58. The van der Waals surface area contributed by atoms with Crippen LogP contribution in [0.25, 0.3) is 0 Å². The number of benzene rings is 1. The SMILES string of the molecule is CCNC(Cc1cccc(OC)c1)c1ccc(Cl)cn1. The minimum Gasteiger partial charge on any atom is -0.497 e. The molecule has 0 aliphatic rings. The van der Waals surface area contributed by atoms with Crippen molar-refractivity contribution in [1.82, 2.24) is 10.3 Å². The molecular weight excluding hydrogens is 272 g/mol. The first-order valence-electron chi connectivity index (χ1n) is 6.70. The molecule has 1 heterocycles. The van der Waals surface area contributed by atoms with Crippen molar-refractivity contribution in [3.63, 3.8) is 0 Å². The highest BCUT2D eigenvalue weighted by Gasteiger charge is 2.13. The van der Waals surface area contributed by atoms with Gasteiger partial charge in [0.05, 0.1) is 23.9 Å². The Labute approximate surface area is 124 Å². The smallest absolute Gasteiger partial charge is 0.119 e. The summed E-state index contributed by atoms with van der Waals surface area (Å²) in [5.41, 5.74) is 2.21. The minimum atomic E-state index is 0.171.